The van der Waals surface area contributed by atoms with Crippen LogP contribution in [0.25, 0.3) is 0 Å². The first-order valence-corrected chi connectivity index (χ1v) is 6.68. The molecule has 1 aromatic heterocycles. The molecule has 2 atom stereocenters. The standard InChI is InChI=1S/C15H19N/c1-15(2)10-7-12(15)11-6-9-4-3-5-13(9)16-14(11)8-10/h6,10,12H,3-5,7-8H2,1-2H3/t10-,12-/m1/s1. The van der Waals surface area contributed by atoms with Gasteiger partial charge in [0.25, 0.3) is 0 Å². The van der Waals surface area contributed by atoms with E-state index in [0.717, 1.165) is 11.8 Å². The number of aromatic nitrogens is 1. The van der Waals surface area contributed by atoms with Crippen molar-refractivity contribution < 1.29 is 0 Å². The molecule has 4 aliphatic rings. The minimum absolute atomic E-state index is 0.543. The van der Waals surface area contributed by atoms with Gasteiger partial charge >= 0.3 is 0 Å². The number of rotatable bonds is 0. The predicted molar refractivity (Wildman–Crippen MR) is 64.6 cm³/mol. The van der Waals surface area contributed by atoms with Gasteiger partial charge in [-0.15, -0.1) is 0 Å². The Hall–Kier alpha value is -0.850. The van der Waals surface area contributed by atoms with Gasteiger partial charge in [0.05, 0.1) is 0 Å². The van der Waals surface area contributed by atoms with Gasteiger partial charge in [-0.1, -0.05) is 19.9 Å². The first-order valence-electron chi connectivity index (χ1n) is 6.68. The summed E-state index contributed by atoms with van der Waals surface area (Å²) in [4.78, 5) is 4.94. The van der Waals surface area contributed by atoms with E-state index in [-0.39, 0.29) is 0 Å². The maximum absolute atomic E-state index is 4.94. The molecule has 0 N–H and O–H groups in total. The lowest BCUT2D eigenvalue weighted by Gasteiger charge is -2.56. The second-order valence-electron chi connectivity index (χ2n) is 6.49. The Morgan fingerprint density at radius 2 is 2.12 bits per heavy atom. The Labute approximate surface area is 97.3 Å². The number of hydrogen-bond acceptors (Lipinski definition) is 1. The van der Waals surface area contributed by atoms with Crippen LogP contribution < -0.4 is 0 Å². The molecule has 1 heterocycles. The van der Waals surface area contributed by atoms with Gasteiger partial charge in [0.1, 0.15) is 0 Å². The van der Waals surface area contributed by atoms with Crippen molar-refractivity contribution in [1.29, 1.82) is 0 Å². The van der Waals surface area contributed by atoms with Crippen molar-refractivity contribution in [3.8, 4) is 0 Å². The Kier molecular flexibility index (Phi) is 1.55. The molecule has 2 bridgehead atoms. The molecule has 4 aliphatic carbocycles. The van der Waals surface area contributed by atoms with Crippen molar-refractivity contribution in [2.24, 2.45) is 11.3 Å². The summed E-state index contributed by atoms with van der Waals surface area (Å²) in [7, 11) is 0. The molecule has 0 spiro atoms. The Morgan fingerprint density at radius 1 is 1.25 bits per heavy atom. The maximum Gasteiger partial charge on any atom is 0.0445 e. The smallest absolute Gasteiger partial charge is 0.0445 e. The fourth-order valence-corrected chi connectivity index (χ4v) is 4.12. The summed E-state index contributed by atoms with van der Waals surface area (Å²) in [6.07, 6.45) is 6.48. The van der Waals surface area contributed by atoms with Crippen LogP contribution in [0.1, 0.15) is 55.1 Å². The summed E-state index contributed by atoms with van der Waals surface area (Å²) in [6, 6.07) is 2.51. The van der Waals surface area contributed by atoms with Crippen LogP contribution in [-0.2, 0) is 19.3 Å². The molecule has 1 heteroatoms. The maximum atomic E-state index is 4.94. The highest BCUT2D eigenvalue weighted by atomic mass is 14.8. The average Bonchev–Trinajstić information content (AvgIpc) is 2.71. The summed E-state index contributed by atoms with van der Waals surface area (Å²) < 4.78 is 0. The molecule has 0 amide bonds. The van der Waals surface area contributed by atoms with E-state index in [2.05, 4.69) is 19.9 Å². The molecular weight excluding hydrogens is 194 g/mol. The van der Waals surface area contributed by atoms with Crippen LogP contribution in [0.3, 0.4) is 0 Å². The number of hydrogen-bond donors (Lipinski definition) is 0. The van der Waals surface area contributed by atoms with E-state index in [4.69, 9.17) is 4.98 Å². The lowest BCUT2D eigenvalue weighted by Crippen LogP contribution is -2.48. The monoisotopic (exact) mass is 213 g/mol. The van der Waals surface area contributed by atoms with E-state index >= 15 is 0 Å². The molecule has 0 aromatic carbocycles. The van der Waals surface area contributed by atoms with Gasteiger partial charge in [0.2, 0.25) is 0 Å². The highest BCUT2D eigenvalue weighted by Gasteiger charge is 2.53. The Bertz CT molecular complexity index is 473. The van der Waals surface area contributed by atoms with E-state index in [1.807, 2.05) is 0 Å². The van der Waals surface area contributed by atoms with Crippen LogP contribution in [0.4, 0.5) is 0 Å². The molecular formula is C15H19N. The Balaban J connectivity index is 1.88. The second kappa shape index (κ2) is 2.69. The van der Waals surface area contributed by atoms with Gasteiger partial charge in [-0.2, -0.15) is 0 Å². The van der Waals surface area contributed by atoms with Gasteiger partial charge in [-0.05, 0) is 60.5 Å². The van der Waals surface area contributed by atoms with Crippen molar-refractivity contribution in [2.75, 3.05) is 0 Å². The molecule has 0 saturated heterocycles. The lowest BCUT2D eigenvalue weighted by molar-refractivity contribution is 0.0168. The molecule has 0 unspecified atom stereocenters. The van der Waals surface area contributed by atoms with Gasteiger partial charge in [-0.3, -0.25) is 4.98 Å². The number of fused-ring (bicyclic) bond motifs is 1. The van der Waals surface area contributed by atoms with Crippen LogP contribution in [0.5, 0.6) is 0 Å². The largest absolute Gasteiger partial charge is 0.257 e. The summed E-state index contributed by atoms with van der Waals surface area (Å²) in [5.74, 6) is 1.71. The Morgan fingerprint density at radius 3 is 2.94 bits per heavy atom. The zero-order chi connectivity index (χ0) is 10.9. The van der Waals surface area contributed by atoms with E-state index in [1.54, 1.807) is 11.1 Å². The first-order chi connectivity index (χ1) is 7.66. The molecule has 0 radical (unpaired) electrons. The van der Waals surface area contributed by atoms with Crippen molar-refractivity contribution in [2.45, 2.75) is 51.9 Å². The topological polar surface area (TPSA) is 12.9 Å². The zero-order valence-electron chi connectivity index (χ0n) is 10.2. The van der Waals surface area contributed by atoms with Gasteiger partial charge < -0.3 is 0 Å². The average molecular weight is 213 g/mol. The number of pyridine rings is 1. The summed E-state index contributed by atoms with van der Waals surface area (Å²) in [5, 5.41) is 0. The van der Waals surface area contributed by atoms with Crippen LogP contribution >= 0.6 is 0 Å². The minimum Gasteiger partial charge on any atom is -0.257 e. The molecule has 0 aliphatic heterocycles. The van der Waals surface area contributed by atoms with Crippen molar-refractivity contribution in [1.82, 2.24) is 4.98 Å². The molecule has 16 heavy (non-hydrogen) atoms. The summed E-state index contributed by atoms with van der Waals surface area (Å²) in [6.45, 7) is 4.89. The van der Waals surface area contributed by atoms with E-state index in [1.165, 1.54) is 43.5 Å². The van der Waals surface area contributed by atoms with E-state index < -0.39 is 0 Å². The highest BCUT2D eigenvalue weighted by Crippen LogP contribution is 2.62. The lowest BCUT2D eigenvalue weighted by atomic mass is 9.48. The fraction of sp³-hybridized carbons (Fsp3) is 0.667. The number of aryl methyl sites for hydroxylation is 2. The third-order valence-electron chi connectivity index (χ3n) is 5.45. The van der Waals surface area contributed by atoms with Gasteiger partial charge in [-0.25, -0.2) is 0 Å². The van der Waals surface area contributed by atoms with E-state index in [0.29, 0.717) is 5.41 Å². The number of nitrogens with zero attached hydrogens (tertiary/aromatic N) is 1. The van der Waals surface area contributed by atoms with Gasteiger partial charge in [0, 0.05) is 11.4 Å². The zero-order valence-corrected chi connectivity index (χ0v) is 10.2. The van der Waals surface area contributed by atoms with Crippen LogP contribution in [0.15, 0.2) is 6.07 Å². The minimum atomic E-state index is 0.543. The van der Waals surface area contributed by atoms with Crippen LogP contribution in [0, 0.1) is 11.3 Å². The van der Waals surface area contributed by atoms with Crippen LogP contribution in [0.2, 0.25) is 0 Å². The molecule has 1 saturated carbocycles. The quantitative estimate of drug-likeness (QED) is 0.644. The molecule has 84 valence electrons. The first kappa shape index (κ1) is 9.21. The third kappa shape index (κ3) is 0.952. The normalized spacial score (nSPS) is 32.9. The molecule has 1 nitrogen and oxygen atoms in total. The predicted octanol–water partition coefficient (Wildman–Crippen LogP) is 3.26. The van der Waals surface area contributed by atoms with Gasteiger partial charge in [0.15, 0.2) is 0 Å². The molecule has 1 fully saturated rings. The van der Waals surface area contributed by atoms with Crippen molar-refractivity contribution in [3.05, 3.63) is 28.6 Å². The summed E-state index contributed by atoms with van der Waals surface area (Å²) in [5.41, 5.74) is 6.56. The highest BCUT2D eigenvalue weighted by molar-refractivity contribution is 5.41. The van der Waals surface area contributed by atoms with Crippen molar-refractivity contribution in [3.63, 3.8) is 0 Å². The molecule has 5 rings (SSSR count). The summed E-state index contributed by atoms with van der Waals surface area (Å²) >= 11 is 0. The van der Waals surface area contributed by atoms with Crippen LogP contribution in [-0.4, -0.2) is 4.98 Å². The SMILES string of the molecule is CC1(C)[C@H]2Cc3nc4c(cc3[C@H]1C2)CCC4. The third-order valence-corrected chi connectivity index (χ3v) is 5.45. The fourth-order valence-electron chi connectivity index (χ4n) is 4.12. The second-order valence-corrected chi connectivity index (χ2v) is 6.49. The van der Waals surface area contributed by atoms with E-state index in [9.17, 15) is 0 Å². The molecule has 1 aromatic rings. The van der Waals surface area contributed by atoms with Crippen molar-refractivity contribution >= 4 is 0 Å².